The second-order valence-electron chi connectivity index (χ2n) is 4.29. The van der Waals surface area contributed by atoms with Crippen molar-refractivity contribution in [2.75, 3.05) is 5.43 Å². The van der Waals surface area contributed by atoms with Crippen molar-refractivity contribution in [3.05, 3.63) is 53.0 Å². The fraction of sp³-hybridized carbons (Fsp3) is 0.143. The van der Waals surface area contributed by atoms with Crippen LogP contribution in [0.3, 0.4) is 0 Å². The van der Waals surface area contributed by atoms with Gasteiger partial charge in [0.15, 0.2) is 5.82 Å². The average Bonchev–Trinajstić information content (AvgIpc) is 2.42. The van der Waals surface area contributed by atoms with Crippen LogP contribution in [0.2, 0.25) is 0 Å². The van der Waals surface area contributed by atoms with Gasteiger partial charge in [-0.25, -0.2) is 9.78 Å². The van der Waals surface area contributed by atoms with Crippen molar-refractivity contribution < 1.29 is 9.90 Å². The van der Waals surface area contributed by atoms with E-state index >= 15 is 0 Å². The Kier molecular flexibility index (Phi) is 4.05. The maximum Gasteiger partial charge on any atom is 0.335 e. The SMILES string of the molecule is Cc1cc(C)c(C(=O)O)cc1C=NNc1cnccn1. The van der Waals surface area contributed by atoms with E-state index < -0.39 is 5.97 Å². The van der Waals surface area contributed by atoms with Gasteiger partial charge >= 0.3 is 5.97 Å². The van der Waals surface area contributed by atoms with Crippen LogP contribution in [0.4, 0.5) is 5.82 Å². The minimum absolute atomic E-state index is 0.275. The van der Waals surface area contributed by atoms with Crippen LogP contribution in [0.1, 0.15) is 27.0 Å². The van der Waals surface area contributed by atoms with E-state index in [4.69, 9.17) is 5.11 Å². The van der Waals surface area contributed by atoms with Gasteiger partial charge in [0.1, 0.15) is 0 Å². The minimum atomic E-state index is -0.945. The number of aryl methyl sites for hydroxylation is 2. The number of aromatic nitrogens is 2. The summed E-state index contributed by atoms with van der Waals surface area (Å²) in [4.78, 5) is 19.0. The Hall–Kier alpha value is -2.76. The zero-order chi connectivity index (χ0) is 14.5. The number of aromatic carboxylic acids is 1. The van der Waals surface area contributed by atoms with Crippen molar-refractivity contribution in [1.29, 1.82) is 0 Å². The maximum absolute atomic E-state index is 11.1. The molecule has 0 bridgehead atoms. The molecule has 0 aliphatic heterocycles. The second-order valence-corrected chi connectivity index (χ2v) is 4.29. The number of hydrogen-bond donors (Lipinski definition) is 2. The summed E-state index contributed by atoms with van der Waals surface area (Å²) in [5.41, 5.74) is 5.43. The van der Waals surface area contributed by atoms with Gasteiger partial charge in [-0.15, -0.1) is 0 Å². The number of anilines is 1. The second kappa shape index (κ2) is 5.92. The van der Waals surface area contributed by atoms with Gasteiger partial charge in [-0.2, -0.15) is 5.10 Å². The summed E-state index contributed by atoms with van der Waals surface area (Å²) >= 11 is 0. The highest BCUT2D eigenvalue weighted by Crippen LogP contribution is 2.15. The largest absolute Gasteiger partial charge is 0.478 e. The molecule has 1 aromatic heterocycles. The topological polar surface area (TPSA) is 87.5 Å². The van der Waals surface area contributed by atoms with Gasteiger partial charge in [0.05, 0.1) is 18.0 Å². The highest BCUT2D eigenvalue weighted by atomic mass is 16.4. The molecule has 0 amide bonds. The molecule has 0 radical (unpaired) electrons. The molecule has 0 saturated carbocycles. The van der Waals surface area contributed by atoms with Crippen molar-refractivity contribution in [2.45, 2.75) is 13.8 Å². The van der Waals surface area contributed by atoms with E-state index in [1.807, 2.05) is 13.0 Å². The summed E-state index contributed by atoms with van der Waals surface area (Å²) in [6.45, 7) is 3.68. The fourth-order valence-electron chi connectivity index (χ4n) is 1.76. The van der Waals surface area contributed by atoms with Gasteiger partial charge in [0, 0.05) is 12.4 Å². The smallest absolute Gasteiger partial charge is 0.335 e. The highest BCUT2D eigenvalue weighted by Gasteiger charge is 2.09. The molecule has 6 heteroatoms. The Balaban J connectivity index is 2.21. The summed E-state index contributed by atoms with van der Waals surface area (Å²) in [5, 5.41) is 13.1. The molecule has 20 heavy (non-hydrogen) atoms. The Morgan fingerprint density at radius 2 is 2.10 bits per heavy atom. The molecule has 6 nitrogen and oxygen atoms in total. The number of hydrazone groups is 1. The number of nitrogens with one attached hydrogen (secondary N) is 1. The molecule has 102 valence electrons. The van der Waals surface area contributed by atoms with Crippen molar-refractivity contribution in [3.63, 3.8) is 0 Å². The van der Waals surface area contributed by atoms with Crippen LogP contribution in [0.5, 0.6) is 0 Å². The van der Waals surface area contributed by atoms with Gasteiger partial charge in [0.2, 0.25) is 0 Å². The lowest BCUT2D eigenvalue weighted by Crippen LogP contribution is -2.03. The molecule has 2 aromatic rings. The molecular formula is C14H14N4O2. The summed E-state index contributed by atoms with van der Waals surface area (Å²) in [7, 11) is 0. The minimum Gasteiger partial charge on any atom is -0.478 e. The van der Waals surface area contributed by atoms with Crippen molar-refractivity contribution >= 4 is 18.0 Å². The van der Waals surface area contributed by atoms with Gasteiger partial charge < -0.3 is 5.11 Å². The predicted octanol–water partition coefficient (Wildman–Crippen LogP) is 2.24. The first-order valence-corrected chi connectivity index (χ1v) is 5.97. The van der Waals surface area contributed by atoms with Gasteiger partial charge in [-0.1, -0.05) is 6.07 Å². The standard InChI is InChI=1S/C14H14N4O2/c1-9-5-10(2)12(14(19)20)6-11(9)7-17-18-13-8-15-3-4-16-13/h3-8H,1-2H3,(H,16,18)(H,19,20). The first-order valence-electron chi connectivity index (χ1n) is 5.97. The van der Waals surface area contributed by atoms with Gasteiger partial charge in [-0.3, -0.25) is 10.4 Å². The van der Waals surface area contributed by atoms with E-state index in [9.17, 15) is 4.79 Å². The van der Waals surface area contributed by atoms with Crippen molar-refractivity contribution in [3.8, 4) is 0 Å². The lowest BCUT2D eigenvalue weighted by Gasteiger charge is -2.06. The van der Waals surface area contributed by atoms with Gasteiger partial charge in [-0.05, 0) is 36.6 Å². The quantitative estimate of drug-likeness (QED) is 0.657. The number of hydrogen-bond acceptors (Lipinski definition) is 5. The normalized spacial score (nSPS) is 10.7. The molecule has 0 unspecified atom stereocenters. The number of carboxylic acid groups (broad SMARTS) is 1. The average molecular weight is 270 g/mol. The van der Waals surface area contributed by atoms with E-state index in [-0.39, 0.29) is 5.56 Å². The van der Waals surface area contributed by atoms with Crippen LogP contribution >= 0.6 is 0 Å². The molecule has 0 atom stereocenters. The van der Waals surface area contributed by atoms with E-state index in [1.54, 1.807) is 37.8 Å². The Morgan fingerprint density at radius 1 is 1.30 bits per heavy atom. The molecule has 2 N–H and O–H groups in total. The molecule has 0 aliphatic rings. The predicted molar refractivity (Wildman–Crippen MR) is 76.1 cm³/mol. The van der Waals surface area contributed by atoms with Crippen LogP contribution in [-0.2, 0) is 0 Å². The van der Waals surface area contributed by atoms with Crippen LogP contribution in [-0.4, -0.2) is 27.3 Å². The summed E-state index contributed by atoms with van der Waals surface area (Å²) in [6, 6.07) is 3.43. The summed E-state index contributed by atoms with van der Waals surface area (Å²) < 4.78 is 0. The summed E-state index contributed by atoms with van der Waals surface area (Å²) in [6.07, 6.45) is 6.23. The lowest BCUT2D eigenvalue weighted by molar-refractivity contribution is 0.0696. The number of carboxylic acids is 1. The molecule has 2 rings (SSSR count). The monoisotopic (exact) mass is 270 g/mol. The Labute approximate surface area is 116 Å². The van der Waals surface area contributed by atoms with Crippen LogP contribution in [0.25, 0.3) is 0 Å². The molecule has 0 spiro atoms. The number of carbonyl (C=O) groups is 1. The Bertz CT molecular complexity index is 654. The fourth-order valence-corrected chi connectivity index (χ4v) is 1.76. The molecule has 0 aliphatic carbocycles. The zero-order valence-corrected chi connectivity index (χ0v) is 11.2. The number of benzene rings is 1. The van der Waals surface area contributed by atoms with E-state index in [0.29, 0.717) is 5.82 Å². The number of nitrogens with zero attached hydrogens (tertiary/aromatic N) is 3. The molecule has 0 fully saturated rings. The third kappa shape index (κ3) is 3.17. The summed E-state index contributed by atoms with van der Waals surface area (Å²) in [5.74, 6) is -0.425. The van der Waals surface area contributed by atoms with E-state index in [1.165, 1.54) is 0 Å². The number of rotatable bonds is 4. The van der Waals surface area contributed by atoms with E-state index in [0.717, 1.165) is 16.7 Å². The lowest BCUT2D eigenvalue weighted by atomic mass is 10.0. The first kappa shape index (κ1) is 13.7. The Morgan fingerprint density at radius 3 is 2.75 bits per heavy atom. The third-order valence-electron chi connectivity index (χ3n) is 2.79. The van der Waals surface area contributed by atoms with Crippen LogP contribution in [0.15, 0.2) is 35.8 Å². The first-order chi connectivity index (χ1) is 9.58. The van der Waals surface area contributed by atoms with Crippen LogP contribution in [0, 0.1) is 13.8 Å². The molecular weight excluding hydrogens is 256 g/mol. The highest BCUT2D eigenvalue weighted by molar-refractivity contribution is 5.93. The van der Waals surface area contributed by atoms with Gasteiger partial charge in [0.25, 0.3) is 0 Å². The maximum atomic E-state index is 11.1. The van der Waals surface area contributed by atoms with Crippen molar-refractivity contribution in [1.82, 2.24) is 9.97 Å². The van der Waals surface area contributed by atoms with E-state index in [2.05, 4.69) is 20.5 Å². The van der Waals surface area contributed by atoms with Crippen LogP contribution < -0.4 is 5.43 Å². The third-order valence-corrected chi connectivity index (χ3v) is 2.79. The molecule has 1 heterocycles. The molecule has 0 saturated heterocycles. The molecule has 1 aromatic carbocycles. The van der Waals surface area contributed by atoms with Crippen molar-refractivity contribution in [2.24, 2.45) is 5.10 Å². The zero-order valence-electron chi connectivity index (χ0n) is 11.2.